The molecular formula is C19H12Cl2F2N4O7. The van der Waals surface area contributed by atoms with Gasteiger partial charge in [0.25, 0.3) is 17.3 Å². The van der Waals surface area contributed by atoms with Gasteiger partial charge in [0.2, 0.25) is 0 Å². The number of hydrogen-bond donors (Lipinski definition) is 4. The fourth-order valence-corrected chi connectivity index (χ4v) is 2.80. The lowest BCUT2D eigenvalue weighted by molar-refractivity contribution is -0.384. The van der Waals surface area contributed by atoms with Gasteiger partial charge in [-0.15, -0.1) is 0 Å². The van der Waals surface area contributed by atoms with Crippen molar-refractivity contribution < 1.29 is 33.6 Å². The number of nitrogens with zero attached hydrogens (tertiary/aromatic N) is 2. The smallest absolute Gasteiger partial charge is 0.291 e. The molecule has 0 atom stereocenters. The Bertz CT molecular complexity index is 1310. The molecule has 3 aromatic rings. The van der Waals surface area contributed by atoms with Crippen molar-refractivity contribution in [2.75, 3.05) is 11.1 Å². The molecule has 0 radical (unpaired) electrons. The van der Waals surface area contributed by atoms with Crippen LogP contribution in [0.5, 0.6) is 11.5 Å². The highest BCUT2D eigenvalue weighted by Crippen LogP contribution is 2.35. The van der Waals surface area contributed by atoms with E-state index in [1.54, 1.807) is 0 Å². The van der Waals surface area contributed by atoms with E-state index in [1.165, 1.54) is 0 Å². The number of nitrogens with two attached hydrogens (primary N) is 1. The molecule has 178 valence electrons. The van der Waals surface area contributed by atoms with Crippen LogP contribution < -0.4 is 11.1 Å². The molecule has 0 aliphatic heterocycles. The zero-order valence-corrected chi connectivity index (χ0v) is 18.0. The number of phenols is 2. The number of carbonyl (C=O) groups excluding carboxylic acids is 1. The lowest BCUT2D eigenvalue weighted by Gasteiger charge is -2.08. The summed E-state index contributed by atoms with van der Waals surface area (Å²) in [5, 5.41) is 41.3. The van der Waals surface area contributed by atoms with E-state index < -0.39 is 38.8 Å². The number of hydrogen-bond acceptors (Lipinski definition) is 8. The minimum absolute atomic E-state index is 0.0191. The molecule has 0 aromatic heterocycles. The highest BCUT2D eigenvalue weighted by Gasteiger charge is 2.19. The van der Waals surface area contributed by atoms with Crippen LogP contribution >= 0.6 is 23.2 Å². The Balaban J connectivity index is 0.000000287. The molecule has 0 unspecified atom stereocenters. The number of aromatic hydroxyl groups is 2. The van der Waals surface area contributed by atoms with Crippen molar-refractivity contribution in [3.05, 3.63) is 89.9 Å². The van der Waals surface area contributed by atoms with Gasteiger partial charge in [-0.05, 0) is 30.3 Å². The lowest BCUT2D eigenvalue weighted by Crippen LogP contribution is -2.12. The SMILES string of the molecule is Nc1cc(Cl)c([N+](=O)[O-])cc1O.O=C(Nc1cc(Cl)c([N+](=O)[O-])cc1O)c1ccc(F)c(F)c1. The zero-order valence-electron chi connectivity index (χ0n) is 16.5. The number of amides is 1. The first kappa shape index (κ1) is 26.0. The first-order valence-electron chi connectivity index (χ1n) is 8.67. The lowest BCUT2D eigenvalue weighted by atomic mass is 10.2. The molecule has 1 amide bonds. The van der Waals surface area contributed by atoms with Gasteiger partial charge in [0.1, 0.15) is 21.5 Å². The second kappa shape index (κ2) is 10.6. The summed E-state index contributed by atoms with van der Waals surface area (Å²) in [6.45, 7) is 0. The Hall–Kier alpha value is -4.23. The van der Waals surface area contributed by atoms with E-state index in [4.69, 9.17) is 34.0 Å². The number of benzene rings is 3. The molecular weight excluding hydrogens is 505 g/mol. The molecule has 5 N–H and O–H groups in total. The molecule has 0 fully saturated rings. The summed E-state index contributed by atoms with van der Waals surface area (Å²) in [7, 11) is 0. The third-order valence-electron chi connectivity index (χ3n) is 3.98. The Morgan fingerprint density at radius 3 is 1.94 bits per heavy atom. The van der Waals surface area contributed by atoms with E-state index in [9.17, 15) is 38.9 Å². The van der Waals surface area contributed by atoms with Crippen molar-refractivity contribution in [3.8, 4) is 11.5 Å². The van der Waals surface area contributed by atoms with Crippen LogP contribution in [-0.4, -0.2) is 26.0 Å². The molecule has 3 rings (SSSR count). The van der Waals surface area contributed by atoms with Crippen LogP contribution in [0, 0.1) is 31.9 Å². The van der Waals surface area contributed by atoms with Gasteiger partial charge >= 0.3 is 0 Å². The Labute approximate surface area is 198 Å². The minimum Gasteiger partial charge on any atom is -0.506 e. The van der Waals surface area contributed by atoms with Crippen molar-refractivity contribution in [2.45, 2.75) is 0 Å². The molecule has 34 heavy (non-hydrogen) atoms. The van der Waals surface area contributed by atoms with E-state index in [1.807, 2.05) is 0 Å². The molecule has 0 saturated carbocycles. The standard InChI is InChI=1S/C13H7ClF2N2O4.C6H5ClN2O3/c14-7-4-10(12(19)5-11(7)18(21)22)17-13(20)6-1-2-8(15)9(16)3-6;7-3-1-4(8)6(10)2-5(3)9(11)12/h1-5,19H,(H,17,20);1-2,10H,8H2. The maximum atomic E-state index is 13.1. The summed E-state index contributed by atoms with van der Waals surface area (Å²) in [4.78, 5) is 31.3. The zero-order chi connectivity index (χ0) is 25.7. The minimum atomic E-state index is -1.21. The average molecular weight is 517 g/mol. The molecule has 3 aromatic carbocycles. The quantitative estimate of drug-likeness (QED) is 0.161. The number of nitrogens with one attached hydrogen (secondary N) is 1. The molecule has 0 bridgehead atoms. The van der Waals surface area contributed by atoms with Gasteiger partial charge in [0, 0.05) is 5.56 Å². The normalized spacial score (nSPS) is 10.1. The predicted octanol–water partition coefficient (Wildman–Crippen LogP) is 5.02. The topological polar surface area (TPSA) is 182 Å². The van der Waals surface area contributed by atoms with E-state index >= 15 is 0 Å². The van der Waals surface area contributed by atoms with Crippen molar-refractivity contribution in [2.24, 2.45) is 0 Å². The summed E-state index contributed by atoms with van der Waals surface area (Å²) in [6.07, 6.45) is 0. The van der Waals surface area contributed by atoms with Gasteiger partial charge in [-0.1, -0.05) is 23.2 Å². The number of rotatable bonds is 4. The van der Waals surface area contributed by atoms with Crippen molar-refractivity contribution in [1.82, 2.24) is 0 Å². The summed E-state index contributed by atoms with van der Waals surface area (Å²) in [6, 6.07) is 6.28. The number of carbonyl (C=O) groups is 1. The first-order chi connectivity index (χ1) is 15.8. The third kappa shape index (κ3) is 6.17. The molecule has 0 aliphatic rings. The van der Waals surface area contributed by atoms with E-state index in [-0.39, 0.29) is 38.4 Å². The van der Waals surface area contributed by atoms with Crippen LogP contribution in [0.25, 0.3) is 0 Å². The summed E-state index contributed by atoms with van der Waals surface area (Å²) in [5.74, 6) is -4.10. The van der Waals surface area contributed by atoms with Crippen LogP contribution in [0.4, 0.5) is 31.5 Å². The molecule has 0 aliphatic carbocycles. The highest BCUT2D eigenvalue weighted by molar-refractivity contribution is 6.33. The van der Waals surface area contributed by atoms with Crippen LogP contribution in [0.1, 0.15) is 10.4 Å². The molecule has 15 heteroatoms. The summed E-state index contributed by atoms with van der Waals surface area (Å²) < 4.78 is 25.9. The predicted molar refractivity (Wildman–Crippen MR) is 118 cm³/mol. The number of halogens is 4. The highest BCUT2D eigenvalue weighted by atomic mass is 35.5. The molecule has 0 saturated heterocycles. The molecule has 0 heterocycles. The maximum Gasteiger partial charge on any atom is 0.291 e. The van der Waals surface area contributed by atoms with Crippen molar-refractivity contribution in [3.63, 3.8) is 0 Å². The third-order valence-corrected chi connectivity index (χ3v) is 4.59. The van der Waals surface area contributed by atoms with E-state index in [0.29, 0.717) is 6.07 Å². The van der Waals surface area contributed by atoms with Crippen LogP contribution in [0.15, 0.2) is 42.5 Å². The van der Waals surface area contributed by atoms with Gasteiger partial charge in [-0.2, -0.15) is 0 Å². The number of nitro groups is 2. The second-order valence-corrected chi connectivity index (χ2v) is 7.09. The summed E-state index contributed by atoms with van der Waals surface area (Å²) in [5.41, 5.74) is 3.95. The van der Waals surface area contributed by atoms with Gasteiger partial charge in [-0.25, -0.2) is 8.78 Å². The monoisotopic (exact) mass is 516 g/mol. The van der Waals surface area contributed by atoms with E-state index in [0.717, 1.165) is 36.4 Å². The number of nitro benzene ring substituents is 2. The summed E-state index contributed by atoms with van der Waals surface area (Å²) >= 11 is 11.1. The second-order valence-electron chi connectivity index (χ2n) is 6.28. The van der Waals surface area contributed by atoms with Crippen LogP contribution in [0.3, 0.4) is 0 Å². The first-order valence-corrected chi connectivity index (χ1v) is 9.43. The fourth-order valence-electron chi connectivity index (χ4n) is 2.33. The molecule has 0 spiro atoms. The van der Waals surface area contributed by atoms with Gasteiger partial charge in [0.05, 0.1) is 33.4 Å². The number of nitrogen functional groups attached to an aromatic ring is 1. The maximum absolute atomic E-state index is 13.1. The number of anilines is 2. The molecule has 11 nitrogen and oxygen atoms in total. The van der Waals surface area contributed by atoms with Crippen LogP contribution in [0.2, 0.25) is 10.0 Å². The van der Waals surface area contributed by atoms with Crippen LogP contribution in [-0.2, 0) is 0 Å². The Kier molecular flexibility index (Phi) is 8.11. The van der Waals surface area contributed by atoms with Gasteiger partial charge in [0.15, 0.2) is 11.6 Å². The van der Waals surface area contributed by atoms with Gasteiger partial charge in [-0.3, -0.25) is 25.0 Å². The van der Waals surface area contributed by atoms with E-state index in [2.05, 4.69) is 5.32 Å². The Morgan fingerprint density at radius 2 is 1.41 bits per heavy atom. The Morgan fingerprint density at radius 1 is 0.882 bits per heavy atom. The fraction of sp³-hybridized carbons (Fsp3) is 0. The van der Waals surface area contributed by atoms with Crippen molar-refractivity contribution >= 4 is 51.9 Å². The van der Waals surface area contributed by atoms with Gasteiger partial charge < -0.3 is 21.3 Å². The van der Waals surface area contributed by atoms with Crippen molar-refractivity contribution in [1.29, 1.82) is 0 Å². The average Bonchev–Trinajstić information content (AvgIpc) is 2.75. The number of phenolic OH excluding ortho intramolecular Hbond substituents is 2. The largest absolute Gasteiger partial charge is 0.506 e.